The molecule has 0 radical (unpaired) electrons. The fourth-order valence-electron chi connectivity index (χ4n) is 3.20. The van der Waals surface area contributed by atoms with Gasteiger partial charge in [0.05, 0.1) is 18.4 Å². The van der Waals surface area contributed by atoms with Crippen molar-refractivity contribution in [3.8, 4) is 0 Å². The van der Waals surface area contributed by atoms with E-state index >= 15 is 0 Å². The van der Waals surface area contributed by atoms with Gasteiger partial charge in [0.25, 0.3) is 0 Å². The molecule has 0 saturated heterocycles. The Morgan fingerprint density at radius 2 is 2.08 bits per heavy atom. The number of hydrogen-bond acceptors (Lipinski definition) is 4. The Hall–Kier alpha value is -1.49. The SMILES string of the molecule is COC(=O)c1cccc(CSCC(=O)N[C@H]2CCC[C@H](C)[C@H]2C)c1. The molecular weight excluding hydrogens is 322 g/mol. The first-order chi connectivity index (χ1) is 11.5. The van der Waals surface area contributed by atoms with Gasteiger partial charge in [-0.1, -0.05) is 38.8 Å². The molecule has 1 fully saturated rings. The van der Waals surface area contributed by atoms with Gasteiger partial charge in [-0.3, -0.25) is 4.79 Å². The molecule has 132 valence electrons. The Kier molecular flexibility index (Phi) is 7.16. The molecule has 1 aliphatic rings. The molecule has 4 nitrogen and oxygen atoms in total. The summed E-state index contributed by atoms with van der Waals surface area (Å²) in [7, 11) is 1.38. The third kappa shape index (κ3) is 5.26. The topological polar surface area (TPSA) is 55.4 Å². The second-order valence-electron chi connectivity index (χ2n) is 6.63. The van der Waals surface area contributed by atoms with Crippen LogP contribution in [0.3, 0.4) is 0 Å². The summed E-state index contributed by atoms with van der Waals surface area (Å²) in [4.78, 5) is 23.7. The van der Waals surface area contributed by atoms with Gasteiger partial charge in [-0.15, -0.1) is 11.8 Å². The average Bonchev–Trinajstić information content (AvgIpc) is 2.58. The van der Waals surface area contributed by atoms with Gasteiger partial charge in [-0.25, -0.2) is 4.79 Å². The lowest BCUT2D eigenvalue weighted by Gasteiger charge is -2.34. The minimum absolute atomic E-state index is 0.107. The molecule has 0 unspecified atom stereocenters. The Bertz CT molecular complexity index is 575. The average molecular weight is 349 g/mol. The first kappa shape index (κ1) is 18.8. The van der Waals surface area contributed by atoms with E-state index in [9.17, 15) is 9.59 Å². The molecule has 0 heterocycles. The number of nitrogens with one attached hydrogen (secondary N) is 1. The fraction of sp³-hybridized carbons (Fsp3) is 0.579. The predicted molar refractivity (Wildman–Crippen MR) is 98.1 cm³/mol. The number of carbonyl (C=O) groups is 2. The van der Waals surface area contributed by atoms with E-state index in [4.69, 9.17) is 4.74 Å². The van der Waals surface area contributed by atoms with Crippen LogP contribution in [0.4, 0.5) is 0 Å². The number of methoxy groups -OCH3 is 1. The van der Waals surface area contributed by atoms with Crippen molar-refractivity contribution in [3.63, 3.8) is 0 Å². The molecule has 1 amide bonds. The van der Waals surface area contributed by atoms with Crippen molar-refractivity contribution in [2.24, 2.45) is 11.8 Å². The second kappa shape index (κ2) is 9.11. The van der Waals surface area contributed by atoms with Gasteiger partial charge in [-0.2, -0.15) is 0 Å². The number of benzene rings is 1. The zero-order chi connectivity index (χ0) is 17.5. The van der Waals surface area contributed by atoms with E-state index in [0.717, 1.165) is 12.0 Å². The number of esters is 1. The van der Waals surface area contributed by atoms with Crippen LogP contribution >= 0.6 is 11.8 Å². The van der Waals surface area contributed by atoms with E-state index in [1.165, 1.54) is 20.0 Å². The molecule has 2 rings (SSSR count). The van der Waals surface area contributed by atoms with Gasteiger partial charge in [0, 0.05) is 11.8 Å². The lowest BCUT2D eigenvalue weighted by molar-refractivity contribution is -0.120. The third-order valence-electron chi connectivity index (χ3n) is 4.90. The molecule has 0 bridgehead atoms. The lowest BCUT2D eigenvalue weighted by atomic mass is 9.78. The molecule has 3 atom stereocenters. The van der Waals surface area contributed by atoms with Crippen molar-refractivity contribution < 1.29 is 14.3 Å². The predicted octanol–water partition coefficient (Wildman–Crippen LogP) is 3.65. The van der Waals surface area contributed by atoms with Crippen molar-refractivity contribution in [1.29, 1.82) is 0 Å². The standard InChI is InChI=1S/C19H27NO3S/c1-13-6-4-9-17(14(13)2)20-18(21)12-24-11-15-7-5-8-16(10-15)19(22)23-3/h5,7-8,10,13-14,17H,4,6,9,11-12H2,1-3H3,(H,20,21)/t13-,14+,17-/m0/s1. The number of rotatable bonds is 6. The van der Waals surface area contributed by atoms with E-state index in [1.54, 1.807) is 17.8 Å². The maximum atomic E-state index is 12.2. The number of ether oxygens (including phenoxy) is 1. The molecule has 24 heavy (non-hydrogen) atoms. The van der Waals surface area contributed by atoms with Crippen molar-refractivity contribution >= 4 is 23.6 Å². The van der Waals surface area contributed by atoms with Gasteiger partial charge in [-0.05, 0) is 36.0 Å². The number of amides is 1. The fourth-order valence-corrected chi connectivity index (χ4v) is 3.99. The summed E-state index contributed by atoms with van der Waals surface area (Å²) in [6, 6.07) is 7.67. The van der Waals surface area contributed by atoms with Gasteiger partial charge in [0.2, 0.25) is 5.91 Å². The molecule has 1 N–H and O–H groups in total. The van der Waals surface area contributed by atoms with Gasteiger partial charge >= 0.3 is 5.97 Å². The summed E-state index contributed by atoms with van der Waals surface area (Å²) in [6.45, 7) is 4.51. The maximum absolute atomic E-state index is 12.2. The summed E-state index contributed by atoms with van der Waals surface area (Å²) in [5.41, 5.74) is 1.57. The zero-order valence-electron chi connectivity index (χ0n) is 14.7. The monoisotopic (exact) mass is 349 g/mol. The van der Waals surface area contributed by atoms with Crippen molar-refractivity contribution in [3.05, 3.63) is 35.4 Å². The highest BCUT2D eigenvalue weighted by Crippen LogP contribution is 2.29. The normalized spacial score (nSPS) is 23.5. The Morgan fingerprint density at radius 1 is 1.29 bits per heavy atom. The molecule has 0 aromatic heterocycles. The lowest BCUT2D eigenvalue weighted by Crippen LogP contribution is -2.44. The van der Waals surface area contributed by atoms with Crippen LogP contribution in [0.1, 0.15) is 49.0 Å². The van der Waals surface area contributed by atoms with Crippen LogP contribution in [0.2, 0.25) is 0 Å². The molecular formula is C19H27NO3S. The Balaban J connectivity index is 1.77. The minimum atomic E-state index is -0.333. The van der Waals surface area contributed by atoms with Crippen LogP contribution < -0.4 is 5.32 Å². The first-order valence-electron chi connectivity index (χ1n) is 8.55. The number of hydrogen-bond donors (Lipinski definition) is 1. The highest BCUT2D eigenvalue weighted by Gasteiger charge is 2.27. The molecule has 0 spiro atoms. The Morgan fingerprint density at radius 3 is 2.83 bits per heavy atom. The summed E-state index contributed by atoms with van der Waals surface area (Å²) >= 11 is 1.57. The summed E-state index contributed by atoms with van der Waals surface area (Å²) in [6.07, 6.45) is 3.55. The molecule has 5 heteroatoms. The first-order valence-corrected chi connectivity index (χ1v) is 9.71. The van der Waals surface area contributed by atoms with Crippen LogP contribution in [0, 0.1) is 11.8 Å². The van der Waals surface area contributed by atoms with Crippen LogP contribution in [-0.4, -0.2) is 30.8 Å². The maximum Gasteiger partial charge on any atom is 0.337 e. The minimum Gasteiger partial charge on any atom is -0.465 e. The zero-order valence-corrected chi connectivity index (χ0v) is 15.5. The molecule has 0 aliphatic heterocycles. The molecule has 1 aromatic rings. The highest BCUT2D eigenvalue weighted by molar-refractivity contribution is 7.99. The summed E-state index contributed by atoms with van der Waals surface area (Å²) < 4.78 is 4.73. The van der Waals surface area contributed by atoms with Gasteiger partial charge in [0.15, 0.2) is 0 Å². The van der Waals surface area contributed by atoms with Crippen LogP contribution in [0.15, 0.2) is 24.3 Å². The molecule has 1 saturated carbocycles. The van der Waals surface area contributed by atoms with E-state index in [1.807, 2.05) is 18.2 Å². The van der Waals surface area contributed by atoms with Crippen molar-refractivity contribution in [1.82, 2.24) is 5.32 Å². The van der Waals surface area contributed by atoms with Crippen LogP contribution in [-0.2, 0) is 15.3 Å². The van der Waals surface area contributed by atoms with E-state index in [-0.39, 0.29) is 11.9 Å². The van der Waals surface area contributed by atoms with Crippen molar-refractivity contribution in [2.45, 2.75) is 44.9 Å². The van der Waals surface area contributed by atoms with Crippen LogP contribution in [0.25, 0.3) is 0 Å². The Labute approximate surface area is 148 Å². The summed E-state index contributed by atoms with van der Waals surface area (Å²) in [5.74, 6) is 2.15. The third-order valence-corrected chi connectivity index (χ3v) is 5.91. The van der Waals surface area contributed by atoms with E-state index in [0.29, 0.717) is 34.9 Å². The largest absolute Gasteiger partial charge is 0.465 e. The van der Waals surface area contributed by atoms with Gasteiger partial charge < -0.3 is 10.1 Å². The molecule has 1 aromatic carbocycles. The van der Waals surface area contributed by atoms with Crippen LogP contribution in [0.5, 0.6) is 0 Å². The second-order valence-corrected chi connectivity index (χ2v) is 7.61. The molecule has 1 aliphatic carbocycles. The van der Waals surface area contributed by atoms with Crippen molar-refractivity contribution in [2.75, 3.05) is 12.9 Å². The van der Waals surface area contributed by atoms with E-state index < -0.39 is 0 Å². The number of thioether (sulfide) groups is 1. The quantitative estimate of drug-likeness (QED) is 0.797. The van der Waals surface area contributed by atoms with Gasteiger partial charge in [0.1, 0.15) is 0 Å². The van der Waals surface area contributed by atoms with E-state index in [2.05, 4.69) is 19.2 Å². The summed E-state index contributed by atoms with van der Waals surface area (Å²) in [5, 5.41) is 3.19. The smallest absolute Gasteiger partial charge is 0.337 e. The number of carbonyl (C=O) groups excluding carboxylic acids is 2. The highest BCUT2D eigenvalue weighted by atomic mass is 32.2.